The summed E-state index contributed by atoms with van der Waals surface area (Å²) in [5, 5.41) is 8.54. The lowest BCUT2D eigenvalue weighted by atomic mass is 9.72. The van der Waals surface area contributed by atoms with E-state index in [1.165, 1.54) is 4.90 Å². The molecule has 1 N–H and O–H groups in total. The number of benzene rings is 1. The lowest BCUT2D eigenvalue weighted by molar-refractivity contribution is -0.113. The summed E-state index contributed by atoms with van der Waals surface area (Å²) in [5.74, 6) is 1.75. The summed E-state index contributed by atoms with van der Waals surface area (Å²) in [6.45, 7) is 2.86. The van der Waals surface area contributed by atoms with E-state index in [1.807, 2.05) is 0 Å². The van der Waals surface area contributed by atoms with Crippen molar-refractivity contribution in [1.29, 1.82) is 5.41 Å². The van der Waals surface area contributed by atoms with Gasteiger partial charge in [0.05, 0.1) is 19.9 Å². The van der Waals surface area contributed by atoms with Gasteiger partial charge in [0.25, 0.3) is 0 Å². The standard InChI is InChI=1S/C18H23N3O4/c1-23-14-7-13(8-15(9-14)24-2)21-16(19)10-18(25-17(21)22)11-20-5-3-12(18)4-6-20/h7-9,12,19H,3-6,10-11H2,1-2H3. The Balaban J connectivity index is 1.64. The highest BCUT2D eigenvalue weighted by molar-refractivity contribution is 6.15. The van der Waals surface area contributed by atoms with Crippen molar-refractivity contribution in [3.05, 3.63) is 18.2 Å². The molecule has 1 amide bonds. The first-order valence-electron chi connectivity index (χ1n) is 8.60. The van der Waals surface area contributed by atoms with Crippen molar-refractivity contribution in [3.63, 3.8) is 0 Å². The van der Waals surface area contributed by atoms with Gasteiger partial charge in [0.15, 0.2) is 0 Å². The molecule has 4 aliphatic rings. The number of hydrogen-bond donors (Lipinski definition) is 1. The molecule has 1 atom stereocenters. The summed E-state index contributed by atoms with van der Waals surface area (Å²) in [5.41, 5.74) is -0.00765. The van der Waals surface area contributed by atoms with Crippen molar-refractivity contribution in [3.8, 4) is 11.5 Å². The van der Waals surface area contributed by atoms with Crippen LogP contribution in [0.2, 0.25) is 0 Å². The van der Waals surface area contributed by atoms with Crippen LogP contribution in [0.5, 0.6) is 11.5 Å². The Morgan fingerprint density at radius 3 is 2.28 bits per heavy atom. The van der Waals surface area contributed by atoms with E-state index >= 15 is 0 Å². The van der Waals surface area contributed by atoms with Gasteiger partial charge in [0, 0.05) is 37.1 Å². The van der Waals surface area contributed by atoms with E-state index in [4.69, 9.17) is 19.6 Å². The molecule has 0 aromatic heterocycles. The normalized spacial score (nSPS) is 31.2. The molecule has 1 aromatic rings. The fraction of sp³-hybridized carbons (Fsp3) is 0.556. The zero-order valence-corrected chi connectivity index (χ0v) is 14.6. The third kappa shape index (κ3) is 2.63. The molecule has 1 unspecified atom stereocenters. The summed E-state index contributed by atoms with van der Waals surface area (Å²) < 4.78 is 16.5. The van der Waals surface area contributed by atoms with Crippen LogP contribution in [0.4, 0.5) is 10.5 Å². The van der Waals surface area contributed by atoms with E-state index in [2.05, 4.69) is 4.90 Å². The summed E-state index contributed by atoms with van der Waals surface area (Å²) in [7, 11) is 3.11. The van der Waals surface area contributed by atoms with Gasteiger partial charge in [-0.2, -0.15) is 0 Å². The lowest BCUT2D eigenvalue weighted by Crippen LogP contribution is -2.66. The summed E-state index contributed by atoms with van der Waals surface area (Å²) in [6, 6.07) is 5.16. The van der Waals surface area contributed by atoms with Crippen LogP contribution < -0.4 is 14.4 Å². The molecule has 7 heteroatoms. The molecule has 0 saturated carbocycles. The summed E-state index contributed by atoms with van der Waals surface area (Å²) >= 11 is 0. The van der Waals surface area contributed by atoms with Gasteiger partial charge in [-0.05, 0) is 25.9 Å². The van der Waals surface area contributed by atoms with Crippen LogP contribution >= 0.6 is 0 Å². The second-order valence-electron chi connectivity index (χ2n) is 7.01. The molecule has 4 heterocycles. The maximum absolute atomic E-state index is 12.8. The molecule has 25 heavy (non-hydrogen) atoms. The number of carbonyl (C=O) groups excluding carboxylic acids is 1. The van der Waals surface area contributed by atoms with Gasteiger partial charge in [-0.15, -0.1) is 0 Å². The number of piperidine rings is 3. The molecule has 1 aromatic carbocycles. The van der Waals surface area contributed by atoms with Crippen molar-refractivity contribution in [2.45, 2.75) is 24.9 Å². The Morgan fingerprint density at radius 1 is 1.16 bits per heavy atom. The molecule has 134 valence electrons. The largest absolute Gasteiger partial charge is 0.497 e. The minimum Gasteiger partial charge on any atom is -0.497 e. The number of nitrogens with zero attached hydrogens (tertiary/aromatic N) is 2. The molecule has 0 aliphatic carbocycles. The van der Waals surface area contributed by atoms with Gasteiger partial charge in [-0.3, -0.25) is 10.3 Å². The zero-order chi connectivity index (χ0) is 17.6. The summed E-state index contributed by atoms with van der Waals surface area (Å²) in [4.78, 5) is 16.5. The highest BCUT2D eigenvalue weighted by atomic mass is 16.6. The highest BCUT2D eigenvalue weighted by Crippen LogP contribution is 2.44. The van der Waals surface area contributed by atoms with E-state index in [1.54, 1.807) is 32.4 Å². The third-order valence-electron chi connectivity index (χ3n) is 5.63. The first-order chi connectivity index (χ1) is 12.0. The van der Waals surface area contributed by atoms with Crippen LogP contribution in [0.25, 0.3) is 0 Å². The molecule has 1 spiro atoms. The minimum absolute atomic E-state index is 0.264. The molecular formula is C18H23N3O4. The Hall–Kier alpha value is -2.28. The van der Waals surface area contributed by atoms with E-state index < -0.39 is 11.7 Å². The number of ether oxygens (including phenoxy) is 3. The monoisotopic (exact) mass is 345 g/mol. The predicted molar refractivity (Wildman–Crippen MR) is 92.7 cm³/mol. The van der Waals surface area contributed by atoms with E-state index in [-0.39, 0.29) is 5.84 Å². The second-order valence-corrected chi connectivity index (χ2v) is 7.01. The van der Waals surface area contributed by atoms with Crippen LogP contribution in [0, 0.1) is 11.3 Å². The maximum atomic E-state index is 12.8. The molecular weight excluding hydrogens is 322 g/mol. The zero-order valence-electron chi connectivity index (χ0n) is 14.6. The number of amides is 1. The predicted octanol–water partition coefficient (Wildman–Crippen LogP) is 2.49. The van der Waals surface area contributed by atoms with Crippen LogP contribution in [0.1, 0.15) is 19.3 Å². The fourth-order valence-corrected chi connectivity index (χ4v) is 4.35. The van der Waals surface area contributed by atoms with Gasteiger partial charge >= 0.3 is 6.09 Å². The number of carbonyl (C=O) groups is 1. The van der Waals surface area contributed by atoms with Crippen LogP contribution in [-0.4, -0.2) is 56.3 Å². The van der Waals surface area contributed by atoms with E-state index in [9.17, 15) is 4.79 Å². The molecule has 0 radical (unpaired) electrons. The molecule has 4 saturated heterocycles. The van der Waals surface area contributed by atoms with Crippen LogP contribution in [0.15, 0.2) is 18.2 Å². The smallest absolute Gasteiger partial charge is 0.420 e. The van der Waals surface area contributed by atoms with Crippen molar-refractivity contribution < 1.29 is 19.0 Å². The van der Waals surface area contributed by atoms with E-state index in [0.717, 1.165) is 32.5 Å². The van der Waals surface area contributed by atoms with Gasteiger partial charge in [-0.25, -0.2) is 9.69 Å². The van der Waals surface area contributed by atoms with Gasteiger partial charge in [0.1, 0.15) is 22.9 Å². The van der Waals surface area contributed by atoms with Gasteiger partial charge in [0.2, 0.25) is 0 Å². The first-order valence-corrected chi connectivity index (χ1v) is 8.60. The van der Waals surface area contributed by atoms with Crippen molar-refractivity contribution in [2.75, 3.05) is 38.8 Å². The number of fused-ring (bicyclic) bond motifs is 2. The highest BCUT2D eigenvalue weighted by Gasteiger charge is 2.54. The van der Waals surface area contributed by atoms with Gasteiger partial charge in [-0.1, -0.05) is 0 Å². The molecule has 4 fully saturated rings. The van der Waals surface area contributed by atoms with Crippen molar-refractivity contribution >= 4 is 17.6 Å². The quantitative estimate of drug-likeness (QED) is 0.911. The summed E-state index contributed by atoms with van der Waals surface area (Å²) in [6.07, 6.45) is 2.03. The Morgan fingerprint density at radius 2 is 1.80 bits per heavy atom. The molecule has 7 nitrogen and oxygen atoms in total. The number of methoxy groups -OCH3 is 2. The number of rotatable bonds is 3. The maximum Gasteiger partial charge on any atom is 0.420 e. The average molecular weight is 345 g/mol. The topological polar surface area (TPSA) is 75.1 Å². The lowest BCUT2D eigenvalue weighted by Gasteiger charge is -2.54. The Kier molecular flexibility index (Phi) is 3.83. The van der Waals surface area contributed by atoms with Crippen LogP contribution in [0.3, 0.4) is 0 Å². The third-order valence-corrected chi connectivity index (χ3v) is 5.63. The van der Waals surface area contributed by atoms with Gasteiger partial charge < -0.3 is 14.2 Å². The number of nitrogens with one attached hydrogen (secondary N) is 1. The average Bonchev–Trinajstić information content (AvgIpc) is 2.61. The van der Waals surface area contributed by atoms with Crippen LogP contribution in [-0.2, 0) is 4.74 Å². The number of anilines is 1. The van der Waals surface area contributed by atoms with E-state index in [0.29, 0.717) is 29.5 Å². The second kappa shape index (κ2) is 5.91. The Labute approximate surface area is 147 Å². The van der Waals surface area contributed by atoms with Crippen molar-refractivity contribution in [2.24, 2.45) is 5.92 Å². The molecule has 5 rings (SSSR count). The molecule has 2 bridgehead atoms. The first kappa shape index (κ1) is 16.2. The number of amidine groups is 1. The SMILES string of the molecule is COc1cc(OC)cc(N2C(=N)CC3(CN4CCC3CC4)OC2=O)c1. The fourth-order valence-electron chi connectivity index (χ4n) is 4.35. The molecule has 4 aliphatic heterocycles. The van der Waals surface area contributed by atoms with Crippen molar-refractivity contribution in [1.82, 2.24) is 4.90 Å². The number of hydrogen-bond acceptors (Lipinski definition) is 6. The minimum atomic E-state index is -0.538. The Bertz CT molecular complexity index is 672.